The summed E-state index contributed by atoms with van der Waals surface area (Å²) in [5.74, 6) is -0.121. The number of aromatic amines is 1. The molecule has 21 heavy (non-hydrogen) atoms. The third-order valence-electron chi connectivity index (χ3n) is 4.43. The number of fused-ring (bicyclic) bond motifs is 1. The second-order valence-electron chi connectivity index (χ2n) is 6.10. The number of rotatable bonds is 3. The van der Waals surface area contributed by atoms with E-state index >= 15 is 0 Å². The van der Waals surface area contributed by atoms with Crippen molar-refractivity contribution in [3.63, 3.8) is 0 Å². The highest BCUT2D eigenvalue weighted by Crippen LogP contribution is 2.26. The molecule has 1 aromatic heterocycles. The first-order valence-corrected chi connectivity index (χ1v) is 7.74. The number of aliphatic hydroxyl groups is 1. The SMILES string of the molecule is O=C(NCC1(O)CCCCCC1)c1ccc2cc[nH]c2c1. The van der Waals surface area contributed by atoms with Gasteiger partial charge in [0.15, 0.2) is 0 Å². The highest BCUT2D eigenvalue weighted by Gasteiger charge is 2.28. The minimum Gasteiger partial charge on any atom is -0.388 e. The van der Waals surface area contributed by atoms with Gasteiger partial charge in [-0.3, -0.25) is 4.79 Å². The second-order valence-corrected chi connectivity index (χ2v) is 6.10. The van der Waals surface area contributed by atoms with E-state index in [4.69, 9.17) is 0 Å². The van der Waals surface area contributed by atoms with Gasteiger partial charge in [-0.25, -0.2) is 0 Å². The molecule has 1 saturated carbocycles. The quantitative estimate of drug-likeness (QED) is 0.759. The van der Waals surface area contributed by atoms with Crippen molar-refractivity contribution >= 4 is 16.8 Å². The lowest BCUT2D eigenvalue weighted by atomic mass is 9.94. The molecule has 2 aromatic rings. The third-order valence-corrected chi connectivity index (χ3v) is 4.43. The summed E-state index contributed by atoms with van der Waals surface area (Å²) in [6.45, 7) is 0.342. The summed E-state index contributed by atoms with van der Waals surface area (Å²) in [4.78, 5) is 15.4. The molecule has 4 heteroatoms. The molecule has 0 bridgehead atoms. The number of carbonyl (C=O) groups excluding carboxylic acids is 1. The molecular formula is C17H22N2O2. The van der Waals surface area contributed by atoms with Crippen LogP contribution < -0.4 is 5.32 Å². The van der Waals surface area contributed by atoms with Gasteiger partial charge in [-0.2, -0.15) is 0 Å². The summed E-state index contributed by atoms with van der Waals surface area (Å²) in [5.41, 5.74) is 0.848. The van der Waals surface area contributed by atoms with Gasteiger partial charge in [-0.1, -0.05) is 31.7 Å². The number of carbonyl (C=O) groups is 1. The molecule has 1 fully saturated rings. The van der Waals surface area contributed by atoms with Crippen molar-refractivity contribution in [2.24, 2.45) is 0 Å². The van der Waals surface area contributed by atoms with Crippen molar-refractivity contribution in [2.75, 3.05) is 6.54 Å². The fraction of sp³-hybridized carbons (Fsp3) is 0.471. The molecule has 1 heterocycles. The molecule has 0 spiro atoms. The Labute approximate surface area is 124 Å². The average Bonchev–Trinajstić information content (AvgIpc) is 2.85. The van der Waals surface area contributed by atoms with E-state index in [1.165, 1.54) is 12.8 Å². The van der Waals surface area contributed by atoms with E-state index in [-0.39, 0.29) is 5.91 Å². The summed E-state index contributed by atoms with van der Waals surface area (Å²) < 4.78 is 0. The predicted octanol–water partition coefficient (Wildman–Crippen LogP) is 2.98. The molecular weight excluding hydrogens is 264 g/mol. The largest absolute Gasteiger partial charge is 0.388 e. The van der Waals surface area contributed by atoms with Crippen molar-refractivity contribution in [3.05, 3.63) is 36.0 Å². The fourth-order valence-corrected chi connectivity index (χ4v) is 3.10. The molecule has 0 unspecified atom stereocenters. The normalized spacial score (nSPS) is 18.3. The minimum absolute atomic E-state index is 0.121. The van der Waals surface area contributed by atoms with E-state index in [0.29, 0.717) is 12.1 Å². The van der Waals surface area contributed by atoms with Crippen LogP contribution in [0.2, 0.25) is 0 Å². The van der Waals surface area contributed by atoms with Crippen LogP contribution in [0.15, 0.2) is 30.5 Å². The van der Waals surface area contributed by atoms with Crippen LogP contribution in [0.4, 0.5) is 0 Å². The van der Waals surface area contributed by atoms with Gasteiger partial charge in [0.2, 0.25) is 0 Å². The lowest BCUT2D eigenvalue weighted by molar-refractivity contribution is 0.0246. The molecule has 0 atom stereocenters. The fourth-order valence-electron chi connectivity index (χ4n) is 3.10. The molecule has 112 valence electrons. The Bertz CT molecular complexity index is 625. The lowest BCUT2D eigenvalue weighted by Crippen LogP contribution is -2.42. The summed E-state index contributed by atoms with van der Waals surface area (Å²) in [6.07, 6.45) is 7.87. The maximum Gasteiger partial charge on any atom is 0.251 e. The zero-order chi connectivity index (χ0) is 14.7. The molecule has 0 saturated heterocycles. The van der Waals surface area contributed by atoms with Gasteiger partial charge in [0.25, 0.3) is 5.91 Å². The molecule has 0 radical (unpaired) electrons. The van der Waals surface area contributed by atoms with Crippen molar-refractivity contribution in [1.82, 2.24) is 10.3 Å². The standard InChI is InChI=1S/C17H22N2O2/c20-16(14-6-5-13-7-10-18-15(13)11-14)19-12-17(21)8-3-1-2-4-9-17/h5-7,10-11,18,21H,1-4,8-9,12H2,(H,19,20). The van der Waals surface area contributed by atoms with Gasteiger partial charge in [0.05, 0.1) is 5.60 Å². The van der Waals surface area contributed by atoms with Gasteiger partial charge >= 0.3 is 0 Å². The maximum absolute atomic E-state index is 12.2. The number of amides is 1. The van der Waals surface area contributed by atoms with E-state index in [1.54, 1.807) is 0 Å². The zero-order valence-corrected chi connectivity index (χ0v) is 12.2. The van der Waals surface area contributed by atoms with E-state index < -0.39 is 5.60 Å². The molecule has 3 rings (SSSR count). The van der Waals surface area contributed by atoms with Crippen molar-refractivity contribution in [1.29, 1.82) is 0 Å². The Kier molecular flexibility index (Phi) is 3.97. The second kappa shape index (κ2) is 5.90. The van der Waals surface area contributed by atoms with Crippen molar-refractivity contribution < 1.29 is 9.90 Å². The highest BCUT2D eigenvalue weighted by molar-refractivity contribution is 5.97. The van der Waals surface area contributed by atoms with Crippen LogP contribution >= 0.6 is 0 Å². The van der Waals surface area contributed by atoms with Gasteiger partial charge in [-0.05, 0) is 36.4 Å². The Morgan fingerprint density at radius 2 is 1.95 bits per heavy atom. The van der Waals surface area contributed by atoms with Crippen LogP contribution in [0.3, 0.4) is 0 Å². The molecule has 1 aromatic carbocycles. The first-order valence-electron chi connectivity index (χ1n) is 7.74. The Hall–Kier alpha value is -1.81. The Balaban J connectivity index is 1.65. The first-order chi connectivity index (χ1) is 10.2. The van der Waals surface area contributed by atoms with Crippen LogP contribution in [0, 0.1) is 0 Å². The first kappa shape index (κ1) is 14.1. The highest BCUT2D eigenvalue weighted by atomic mass is 16.3. The summed E-state index contributed by atoms with van der Waals surface area (Å²) in [7, 11) is 0. The number of hydrogen-bond donors (Lipinski definition) is 3. The van der Waals surface area contributed by atoms with Gasteiger partial charge < -0.3 is 15.4 Å². The zero-order valence-electron chi connectivity index (χ0n) is 12.2. The third kappa shape index (κ3) is 3.27. The van der Waals surface area contributed by atoms with E-state index in [9.17, 15) is 9.90 Å². The number of benzene rings is 1. The van der Waals surface area contributed by atoms with Crippen LogP contribution in [-0.2, 0) is 0 Å². The molecule has 1 amide bonds. The van der Waals surface area contributed by atoms with Gasteiger partial charge in [0, 0.05) is 23.8 Å². The molecule has 1 aliphatic rings. The van der Waals surface area contributed by atoms with E-state index in [2.05, 4.69) is 10.3 Å². The van der Waals surface area contributed by atoms with Crippen LogP contribution in [0.25, 0.3) is 10.9 Å². The van der Waals surface area contributed by atoms with Crippen LogP contribution in [0.1, 0.15) is 48.9 Å². The molecule has 1 aliphatic carbocycles. The number of nitrogens with one attached hydrogen (secondary N) is 2. The van der Waals surface area contributed by atoms with Crippen molar-refractivity contribution in [3.8, 4) is 0 Å². The number of hydrogen-bond acceptors (Lipinski definition) is 2. The number of aromatic nitrogens is 1. The Morgan fingerprint density at radius 3 is 2.71 bits per heavy atom. The maximum atomic E-state index is 12.2. The average molecular weight is 286 g/mol. The lowest BCUT2D eigenvalue weighted by Gasteiger charge is -2.26. The van der Waals surface area contributed by atoms with Gasteiger partial charge in [0.1, 0.15) is 0 Å². The van der Waals surface area contributed by atoms with E-state index in [1.807, 2.05) is 30.5 Å². The van der Waals surface area contributed by atoms with Gasteiger partial charge in [-0.15, -0.1) is 0 Å². The monoisotopic (exact) mass is 286 g/mol. The van der Waals surface area contributed by atoms with Crippen molar-refractivity contribution in [2.45, 2.75) is 44.1 Å². The van der Waals surface area contributed by atoms with Crippen LogP contribution in [0.5, 0.6) is 0 Å². The smallest absolute Gasteiger partial charge is 0.251 e. The molecule has 0 aliphatic heterocycles. The van der Waals surface area contributed by atoms with Crippen LogP contribution in [-0.4, -0.2) is 28.1 Å². The topological polar surface area (TPSA) is 65.1 Å². The minimum atomic E-state index is -0.733. The molecule has 4 nitrogen and oxygen atoms in total. The molecule has 3 N–H and O–H groups in total. The number of H-pyrrole nitrogens is 1. The summed E-state index contributed by atoms with van der Waals surface area (Å²) in [5, 5.41) is 14.5. The van der Waals surface area contributed by atoms with E-state index in [0.717, 1.165) is 36.6 Å². The Morgan fingerprint density at radius 1 is 1.19 bits per heavy atom. The summed E-state index contributed by atoms with van der Waals surface area (Å²) in [6, 6.07) is 7.58. The predicted molar refractivity (Wildman–Crippen MR) is 83.3 cm³/mol. The summed E-state index contributed by atoms with van der Waals surface area (Å²) >= 11 is 0.